The number of hydrogen-bond donors (Lipinski definition) is 2. The fraction of sp³-hybridized carbons (Fsp3) is 0.500. The molecule has 0 radical (unpaired) electrons. The Morgan fingerprint density at radius 2 is 2.14 bits per heavy atom. The van der Waals surface area contributed by atoms with Crippen LogP contribution in [0.15, 0.2) is 15.7 Å². The molecule has 0 bridgehead atoms. The molecule has 78 valence electrons. The smallest absolute Gasteiger partial charge is 0.310 e. The molecule has 0 amide bonds. The first-order valence-corrected chi connectivity index (χ1v) is 4.39. The van der Waals surface area contributed by atoms with E-state index in [1.165, 1.54) is 17.7 Å². The summed E-state index contributed by atoms with van der Waals surface area (Å²) in [5.74, 6) is 5.56. The lowest BCUT2D eigenvalue weighted by Crippen LogP contribution is -2.39. The van der Waals surface area contributed by atoms with E-state index in [1.807, 2.05) is 6.92 Å². The van der Waals surface area contributed by atoms with Crippen LogP contribution in [0, 0.1) is 0 Å². The van der Waals surface area contributed by atoms with Crippen molar-refractivity contribution in [2.75, 3.05) is 5.43 Å². The van der Waals surface area contributed by atoms with Gasteiger partial charge >= 0.3 is 5.69 Å². The Labute approximate surface area is 80.9 Å². The number of nitrogens with one attached hydrogen (secondary N) is 1. The first-order valence-electron chi connectivity index (χ1n) is 4.39. The van der Waals surface area contributed by atoms with Crippen molar-refractivity contribution in [1.29, 1.82) is 0 Å². The third-order valence-electron chi connectivity index (χ3n) is 1.99. The number of nitrogens with zero attached hydrogens (tertiary/aromatic N) is 2. The molecule has 1 aromatic heterocycles. The molecule has 0 fully saturated rings. The predicted octanol–water partition coefficient (Wildman–Crippen LogP) is -0.757. The maximum Gasteiger partial charge on any atom is 0.332 e. The molecule has 1 rings (SSSR count). The van der Waals surface area contributed by atoms with Crippen molar-refractivity contribution in [2.24, 2.45) is 12.9 Å². The van der Waals surface area contributed by atoms with Crippen LogP contribution >= 0.6 is 0 Å². The monoisotopic (exact) mass is 198 g/mol. The second-order valence-electron chi connectivity index (χ2n) is 3.01. The van der Waals surface area contributed by atoms with Crippen molar-refractivity contribution in [3.63, 3.8) is 0 Å². The first kappa shape index (κ1) is 10.5. The maximum atomic E-state index is 11.6. The molecule has 0 aromatic carbocycles. The van der Waals surface area contributed by atoms with Gasteiger partial charge in [0.05, 0.1) is 0 Å². The molecule has 1 heterocycles. The van der Waals surface area contributed by atoms with E-state index in [-0.39, 0.29) is 11.2 Å². The highest BCUT2D eigenvalue weighted by molar-refractivity contribution is 5.31. The van der Waals surface area contributed by atoms with Crippen LogP contribution in [0.3, 0.4) is 0 Å². The van der Waals surface area contributed by atoms with Gasteiger partial charge in [-0.25, -0.2) is 10.6 Å². The molecule has 1 aromatic rings. The molecule has 0 unspecified atom stereocenters. The van der Waals surface area contributed by atoms with Crippen LogP contribution in [-0.2, 0) is 13.6 Å². The first-order chi connectivity index (χ1) is 6.61. The summed E-state index contributed by atoms with van der Waals surface area (Å²) in [6, 6.07) is 1.30. The second-order valence-corrected chi connectivity index (χ2v) is 3.01. The summed E-state index contributed by atoms with van der Waals surface area (Å²) in [6.45, 7) is 2.48. The predicted molar refractivity (Wildman–Crippen MR) is 54.0 cm³/mol. The Bertz CT molecular complexity index is 432. The highest BCUT2D eigenvalue weighted by Crippen LogP contribution is 1.98. The molecule has 0 saturated heterocycles. The van der Waals surface area contributed by atoms with Crippen LogP contribution in [0.5, 0.6) is 0 Å². The highest BCUT2D eigenvalue weighted by atomic mass is 16.2. The van der Waals surface area contributed by atoms with Crippen LogP contribution < -0.4 is 22.5 Å². The normalized spacial score (nSPS) is 10.2. The van der Waals surface area contributed by atoms with Crippen LogP contribution in [0.1, 0.15) is 13.3 Å². The lowest BCUT2D eigenvalue weighted by molar-refractivity contribution is 0.596. The van der Waals surface area contributed by atoms with E-state index in [1.54, 1.807) is 0 Å². The summed E-state index contributed by atoms with van der Waals surface area (Å²) in [7, 11) is 1.44. The van der Waals surface area contributed by atoms with Crippen LogP contribution in [0.25, 0.3) is 0 Å². The Kier molecular flexibility index (Phi) is 3.08. The van der Waals surface area contributed by atoms with E-state index in [2.05, 4.69) is 5.43 Å². The number of anilines is 1. The molecule has 0 aliphatic carbocycles. The van der Waals surface area contributed by atoms with Gasteiger partial charge < -0.3 is 5.43 Å². The largest absolute Gasteiger partial charge is 0.332 e. The number of hydrogen-bond acceptors (Lipinski definition) is 4. The third kappa shape index (κ3) is 1.69. The van der Waals surface area contributed by atoms with E-state index in [0.717, 1.165) is 11.0 Å². The van der Waals surface area contributed by atoms with Gasteiger partial charge in [-0.3, -0.25) is 13.9 Å². The van der Waals surface area contributed by atoms with Gasteiger partial charge in [0.25, 0.3) is 5.56 Å². The Hall–Kier alpha value is -1.56. The standard InChI is InChI=1S/C8H14N4O2/c1-3-4-12-6(10-9)5-7(13)11(2)8(12)14/h5,10H,3-4,9H2,1-2H3. The Morgan fingerprint density at radius 3 is 2.64 bits per heavy atom. The fourth-order valence-electron chi connectivity index (χ4n) is 1.23. The minimum Gasteiger partial charge on any atom is -0.310 e. The molecule has 14 heavy (non-hydrogen) atoms. The van der Waals surface area contributed by atoms with Gasteiger partial charge in [-0.1, -0.05) is 6.92 Å². The fourth-order valence-corrected chi connectivity index (χ4v) is 1.23. The van der Waals surface area contributed by atoms with Gasteiger partial charge in [0.2, 0.25) is 0 Å². The Morgan fingerprint density at radius 1 is 1.50 bits per heavy atom. The van der Waals surface area contributed by atoms with Crippen molar-refractivity contribution in [2.45, 2.75) is 19.9 Å². The maximum absolute atomic E-state index is 11.6. The number of nitrogens with two attached hydrogens (primary N) is 1. The molecule has 0 aliphatic heterocycles. The number of hydrazine groups is 1. The Balaban J connectivity index is 3.45. The third-order valence-corrected chi connectivity index (χ3v) is 1.99. The van der Waals surface area contributed by atoms with Crippen molar-refractivity contribution < 1.29 is 0 Å². The minimum absolute atomic E-state index is 0.347. The van der Waals surface area contributed by atoms with E-state index in [9.17, 15) is 9.59 Å². The van der Waals surface area contributed by atoms with E-state index in [4.69, 9.17) is 5.84 Å². The summed E-state index contributed by atoms with van der Waals surface area (Å²) in [5.41, 5.74) is 1.62. The lowest BCUT2D eigenvalue weighted by atomic mass is 10.4. The second kappa shape index (κ2) is 4.10. The van der Waals surface area contributed by atoms with Crippen LogP contribution in [-0.4, -0.2) is 9.13 Å². The van der Waals surface area contributed by atoms with Gasteiger partial charge in [-0.05, 0) is 6.42 Å². The molecular formula is C8H14N4O2. The van der Waals surface area contributed by atoms with E-state index in [0.29, 0.717) is 12.4 Å². The van der Waals surface area contributed by atoms with E-state index >= 15 is 0 Å². The summed E-state index contributed by atoms with van der Waals surface area (Å²) >= 11 is 0. The minimum atomic E-state index is -0.365. The molecule has 0 saturated carbocycles. The molecule has 3 N–H and O–H groups in total. The number of rotatable bonds is 3. The van der Waals surface area contributed by atoms with Gasteiger partial charge in [0, 0.05) is 19.7 Å². The van der Waals surface area contributed by atoms with Crippen molar-refractivity contribution in [3.05, 3.63) is 26.9 Å². The van der Waals surface area contributed by atoms with Gasteiger partial charge in [-0.15, -0.1) is 0 Å². The molecule has 0 spiro atoms. The van der Waals surface area contributed by atoms with Gasteiger partial charge in [-0.2, -0.15) is 0 Å². The highest BCUT2D eigenvalue weighted by Gasteiger charge is 2.06. The summed E-state index contributed by atoms with van der Waals surface area (Å²) in [5, 5.41) is 0. The topological polar surface area (TPSA) is 82.1 Å². The zero-order chi connectivity index (χ0) is 10.7. The molecule has 0 aliphatic rings. The van der Waals surface area contributed by atoms with Crippen molar-refractivity contribution in [1.82, 2.24) is 9.13 Å². The average molecular weight is 198 g/mol. The van der Waals surface area contributed by atoms with Crippen LogP contribution in [0.2, 0.25) is 0 Å². The van der Waals surface area contributed by atoms with Gasteiger partial charge in [0.15, 0.2) is 0 Å². The molecular weight excluding hydrogens is 184 g/mol. The SMILES string of the molecule is CCCn1c(NN)cc(=O)n(C)c1=O. The van der Waals surface area contributed by atoms with Crippen LogP contribution in [0.4, 0.5) is 5.82 Å². The quantitative estimate of drug-likeness (QED) is 0.494. The van der Waals surface area contributed by atoms with Crippen molar-refractivity contribution >= 4 is 5.82 Å². The van der Waals surface area contributed by atoms with E-state index < -0.39 is 0 Å². The van der Waals surface area contributed by atoms with Crippen molar-refractivity contribution in [3.8, 4) is 0 Å². The summed E-state index contributed by atoms with van der Waals surface area (Å²) < 4.78 is 2.48. The molecule has 0 atom stereocenters. The molecule has 6 heteroatoms. The average Bonchev–Trinajstić information content (AvgIpc) is 2.19. The molecule has 6 nitrogen and oxygen atoms in total. The number of aromatic nitrogens is 2. The number of nitrogen functional groups attached to an aromatic ring is 1. The lowest BCUT2D eigenvalue weighted by Gasteiger charge is -2.11. The van der Waals surface area contributed by atoms with Gasteiger partial charge in [0.1, 0.15) is 5.82 Å². The zero-order valence-corrected chi connectivity index (χ0v) is 8.28. The summed E-state index contributed by atoms with van der Waals surface area (Å²) in [4.78, 5) is 22.8. The zero-order valence-electron chi connectivity index (χ0n) is 8.28. The summed E-state index contributed by atoms with van der Waals surface area (Å²) in [6.07, 6.45) is 0.798.